The molecule has 0 radical (unpaired) electrons. The third-order valence-electron chi connectivity index (χ3n) is 4.16. The van der Waals surface area contributed by atoms with E-state index in [9.17, 15) is 9.59 Å². The molecule has 0 spiro atoms. The molecular formula is C17H17N7O2. The molecule has 0 aliphatic heterocycles. The molecular weight excluding hydrogens is 334 g/mol. The van der Waals surface area contributed by atoms with Gasteiger partial charge in [-0.15, -0.1) is 5.10 Å². The van der Waals surface area contributed by atoms with Crippen LogP contribution in [0.4, 0.5) is 5.82 Å². The van der Waals surface area contributed by atoms with Crippen LogP contribution in [0.25, 0.3) is 27.8 Å². The van der Waals surface area contributed by atoms with E-state index in [1.165, 1.54) is 6.07 Å². The zero-order valence-corrected chi connectivity index (χ0v) is 14.0. The summed E-state index contributed by atoms with van der Waals surface area (Å²) in [6, 6.07) is 7.06. The minimum absolute atomic E-state index is 0.00869. The summed E-state index contributed by atoms with van der Waals surface area (Å²) in [5.74, 6) is -0.355. The van der Waals surface area contributed by atoms with Crippen LogP contribution in [0.2, 0.25) is 0 Å². The highest BCUT2D eigenvalue weighted by atomic mass is 16.2. The smallest absolute Gasteiger partial charge is 0.274 e. The van der Waals surface area contributed by atoms with Gasteiger partial charge in [-0.2, -0.15) is 9.61 Å². The van der Waals surface area contributed by atoms with E-state index < -0.39 is 0 Å². The van der Waals surface area contributed by atoms with E-state index in [-0.39, 0.29) is 28.5 Å². The average molecular weight is 351 g/mol. The molecule has 9 nitrogen and oxygen atoms in total. The summed E-state index contributed by atoms with van der Waals surface area (Å²) >= 11 is 0. The van der Waals surface area contributed by atoms with Crippen molar-refractivity contribution in [3.8, 4) is 11.3 Å². The molecule has 132 valence electrons. The number of anilines is 1. The molecule has 0 atom stereocenters. The van der Waals surface area contributed by atoms with Crippen LogP contribution in [0.1, 0.15) is 23.7 Å². The second kappa shape index (κ2) is 6.03. The first-order valence-corrected chi connectivity index (χ1v) is 8.21. The van der Waals surface area contributed by atoms with Gasteiger partial charge in [-0.25, -0.2) is 0 Å². The van der Waals surface area contributed by atoms with Crippen molar-refractivity contribution in [2.75, 3.05) is 12.3 Å². The lowest BCUT2D eigenvalue weighted by molar-refractivity contribution is 0.0956. The normalized spacial score (nSPS) is 11.3. The van der Waals surface area contributed by atoms with Crippen molar-refractivity contribution in [1.29, 1.82) is 0 Å². The average Bonchev–Trinajstić information content (AvgIpc) is 3.22. The Morgan fingerprint density at radius 2 is 2.19 bits per heavy atom. The number of fused-ring (bicyclic) bond motifs is 2. The molecule has 9 heteroatoms. The summed E-state index contributed by atoms with van der Waals surface area (Å²) in [5.41, 5.74) is 8.19. The summed E-state index contributed by atoms with van der Waals surface area (Å²) in [4.78, 5) is 28.0. The zero-order valence-electron chi connectivity index (χ0n) is 14.0. The summed E-state index contributed by atoms with van der Waals surface area (Å²) in [7, 11) is 0. The van der Waals surface area contributed by atoms with Crippen molar-refractivity contribution in [1.82, 2.24) is 30.1 Å². The van der Waals surface area contributed by atoms with Crippen LogP contribution in [0.5, 0.6) is 0 Å². The third-order valence-corrected chi connectivity index (χ3v) is 4.16. The van der Waals surface area contributed by atoms with Gasteiger partial charge in [-0.1, -0.05) is 13.0 Å². The Labute approximate surface area is 147 Å². The number of aromatic nitrogens is 5. The molecule has 1 amide bonds. The number of aromatic amines is 2. The van der Waals surface area contributed by atoms with E-state index in [0.717, 1.165) is 27.4 Å². The predicted octanol–water partition coefficient (Wildman–Crippen LogP) is 1.29. The van der Waals surface area contributed by atoms with E-state index in [2.05, 4.69) is 25.6 Å². The fourth-order valence-electron chi connectivity index (χ4n) is 2.87. The van der Waals surface area contributed by atoms with Crippen LogP contribution in [-0.2, 0) is 0 Å². The highest BCUT2D eigenvalue weighted by Crippen LogP contribution is 2.23. The Hall–Kier alpha value is -3.62. The van der Waals surface area contributed by atoms with Crippen molar-refractivity contribution in [3.05, 3.63) is 46.4 Å². The molecule has 1 aromatic carbocycles. The van der Waals surface area contributed by atoms with Gasteiger partial charge >= 0.3 is 0 Å². The van der Waals surface area contributed by atoms with Gasteiger partial charge < -0.3 is 16.0 Å². The first-order chi connectivity index (χ1) is 12.6. The molecule has 0 aliphatic carbocycles. The number of rotatable bonds is 4. The first-order valence-electron chi connectivity index (χ1n) is 8.21. The summed E-state index contributed by atoms with van der Waals surface area (Å²) in [5, 5.41) is 14.5. The van der Waals surface area contributed by atoms with Crippen molar-refractivity contribution in [3.63, 3.8) is 0 Å². The zero-order chi connectivity index (χ0) is 18.3. The number of nitrogens with two attached hydrogens (primary N) is 1. The van der Waals surface area contributed by atoms with E-state index in [0.29, 0.717) is 12.2 Å². The highest BCUT2D eigenvalue weighted by Gasteiger charge is 2.20. The monoisotopic (exact) mass is 351 g/mol. The summed E-state index contributed by atoms with van der Waals surface area (Å²) < 4.78 is 1.11. The third kappa shape index (κ3) is 2.50. The maximum atomic E-state index is 12.5. The molecule has 4 aromatic rings. The number of nitrogens with one attached hydrogen (secondary N) is 3. The maximum Gasteiger partial charge on any atom is 0.274 e. The van der Waals surface area contributed by atoms with Crippen LogP contribution < -0.4 is 16.6 Å². The lowest BCUT2D eigenvalue weighted by Gasteiger charge is -2.05. The van der Waals surface area contributed by atoms with Crippen molar-refractivity contribution in [2.24, 2.45) is 0 Å². The van der Waals surface area contributed by atoms with Crippen molar-refractivity contribution >= 4 is 28.3 Å². The quantitative estimate of drug-likeness (QED) is 0.439. The fourth-order valence-corrected chi connectivity index (χ4v) is 2.87. The second-order valence-electron chi connectivity index (χ2n) is 5.97. The lowest BCUT2D eigenvalue weighted by atomic mass is 10.1. The van der Waals surface area contributed by atoms with Gasteiger partial charge in [0.1, 0.15) is 5.56 Å². The number of hydrogen-bond donors (Lipinski definition) is 4. The highest BCUT2D eigenvalue weighted by molar-refractivity contribution is 6.04. The van der Waals surface area contributed by atoms with Gasteiger partial charge in [0, 0.05) is 18.0 Å². The molecule has 0 unspecified atom stereocenters. The van der Waals surface area contributed by atoms with Crippen LogP contribution in [-0.4, -0.2) is 37.2 Å². The molecule has 26 heavy (non-hydrogen) atoms. The Balaban J connectivity index is 1.89. The Bertz CT molecular complexity index is 1180. The first kappa shape index (κ1) is 15.9. The molecule has 0 saturated heterocycles. The molecule has 0 saturated carbocycles. The minimum atomic E-state index is -0.373. The largest absolute Gasteiger partial charge is 0.381 e. The fraction of sp³-hybridized carbons (Fsp3) is 0.176. The number of carbonyl (C=O) groups excluding carboxylic acids is 1. The number of carbonyl (C=O) groups is 1. The number of amides is 1. The Morgan fingerprint density at radius 1 is 1.35 bits per heavy atom. The molecule has 4 rings (SSSR count). The van der Waals surface area contributed by atoms with E-state index in [1.54, 1.807) is 6.20 Å². The lowest BCUT2D eigenvalue weighted by Crippen LogP contribution is -2.25. The van der Waals surface area contributed by atoms with Gasteiger partial charge in [-0.05, 0) is 24.1 Å². The SMILES string of the molecule is CCCNC(=O)c1c(N)nn2c(=O)cc(-c3ccc4[nH]ncc4c3)[nH]c12. The topological polar surface area (TPSA) is 134 Å². The molecule has 5 N–H and O–H groups in total. The minimum Gasteiger partial charge on any atom is -0.381 e. The van der Waals surface area contributed by atoms with Crippen LogP contribution in [0, 0.1) is 0 Å². The van der Waals surface area contributed by atoms with E-state index >= 15 is 0 Å². The molecule has 3 aromatic heterocycles. The van der Waals surface area contributed by atoms with Crippen molar-refractivity contribution < 1.29 is 4.79 Å². The van der Waals surface area contributed by atoms with Crippen LogP contribution in [0.15, 0.2) is 35.3 Å². The Kier molecular flexibility index (Phi) is 3.68. The molecule has 0 bridgehead atoms. The van der Waals surface area contributed by atoms with Gasteiger partial charge in [0.05, 0.1) is 17.4 Å². The van der Waals surface area contributed by atoms with Crippen LogP contribution >= 0.6 is 0 Å². The number of nitrogens with zero attached hydrogens (tertiary/aromatic N) is 3. The molecule has 3 heterocycles. The van der Waals surface area contributed by atoms with Gasteiger partial charge in [0.25, 0.3) is 11.5 Å². The number of nitrogen functional groups attached to an aromatic ring is 1. The van der Waals surface area contributed by atoms with Gasteiger partial charge in [0.15, 0.2) is 11.5 Å². The molecule has 0 aliphatic rings. The van der Waals surface area contributed by atoms with Crippen molar-refractivity contribution in [2.45, 2.75) is 13.3 Å². The van der Waals surface area contributed by atoms with Gasteiger partial charge in [-0.3, -0.25) is 14.7 Å². The number of hydrogen-bond acceptors (Lipinski definition) is 5. The maximum absolute atomic E-state index is 12.5. The van der Waals surface area contributed by atoms with E-state index in [4.69, 9.17) is 5.73 Å². The standard InChI is InChI=1S/C17H17N7O2/c1-2-5-19-17(26)14-15(18)23-24-13(25)7-12(21-16(14)24)9-3-4-11-10(6-9)8-20-22-11/h3-4,6-8,21H,2,5H2,1H3,(H2,18,23)(H,19,26)(H,20,22). The number of H-pyrrole nitrogens is 2. The number of benzene rings is 1. The van der Waals surface area contributed by atoms with Crippen LogP contribution in [0.3, 0.4) is 0 Å². The summed E-state index contributed by atoms with van der Waals surface area (Å²) in [6.45, 7) is 2.46. The van der Waals surface area contributed by atoms with E-state index in [1.807, 2.05) is 25.1 Å². The Morgan fingerprint density at radius 3 is 3.00 bits per heavy atom. The summed E-state index contributed by atoms with van der Waals surface area (Å²) in [6.07, 6.45) is 2.49. The van der Waals surface area contributed by atoms with Gasteiger partial charge in [0.2, 0.25) is 0 Å². The predicted molar refractivity (Wildman–Crippen MR) is 97.9 cm³/mol. The molecule has 0 fully saturated rings. The second-order valence-corrected chi connectivity index (χ2v) is 5.97.